The van der Waals surface area contributed by atoms with Crippen LogP contribution in [-0.4, -0.2) is 35.0 Å². The summed E-state index contributed by atoms with van der Waals surface area (Å²) in [5.74, 6) is -0.444. The zero-order valence-corrected chi connectivity index (χ0v) is 17.5. The Morgan fingerprint density at radius 1 is 1.10 bits per heavy atom. The minimum absolute atomic E-state index is 0.0506. The van der Waals surface area contributed by atoms with Crippen LogP contribution in [0.4, 0.5) is 0 Å². The number of ether oxygens (including phenoxy) is 1. The van der Waals surface area contributed by atoms with E-state index in [9.17, 15) is 14.7 Å². The lowest BCUT2D eigenvalue weighted by molar-refractivity contribution is -0.136. The third-order valence-electron chi connectivity index (χ3n) is 4.85. The van der Waals surface area contributed by atoms with E-state index < -0.39 is 5.97 Å². The summed E-state index contributed by atoms with van der Waals surface area (Å²) in [6.07, 6.45) is 1.23. The van der Waals surface area contributed by atoms with Crippen molar-refractivity contribution in [2.24, 2.45) is 0 Å². The van der Waals surface area contributed by atoms with Gasteiger partial charge in [0.15, 0.2) is 0 Å². The molecule has 154 valence electrons. The monoisotopic (exact) mass is 395 g/mol. The molecule has 0 unspecified atom stereocenters. The molecule has 5 heteroatoms. The standard InChI is InChI=1S/C24H29NO4/c1-5-25(6-2)23(26)14-17(3)20-12-13-22(21(15-20)16-24(27)28)29-18(4)19-10-8-7-9-11-19/h7-15,18H,5-6,16H2,1-4H3,(H,27,28)/b17-14+/t18-/m1/s1. The minimum Gasteiger partial charge on any atom is -0.486 e. The highest BCUT2D eigenvalue weighted by atomic mass is 16.5. The number of carboxylic acids is 1. The Kier molecular flexibility index (Phi) is 8.01. The summed E-state index contributed by atoms with van der Waals surface area (Å²) in [4.78, 5) is 25.5. The van der Waals surface area contributed by atoms with Gasteiger partial charge in [-0.15, -0.1) is 0 Å². The number of carboxylic acid groups (broad SMARTS) is 1. The number of allylic oxidation sites excluding steroid dienone is 1. The molecule has 1 atom stereocenters. The van der Waals surface area contributed by atoms with Gasteiger partial charge in [0.1, 0.15) is 11.9 Å². The van der Waals surface area contributed by atoms with Gasteiger partial charge in [-0.2, -0.15) is 0 Å². The van der Waals surface area contributed by atoms with Gasteiger partial charge in [-0.25, -0.2) is 0 Å². The highest BCUT2D eigenvalue weighted by Crippen LogP contribution is 2.29. The Balaban J connectivity index is 2.31. The lowest BCUT2D eigenvalue weighted by atomic mass is 10.0. The third-order valence-corrected chi connectivity index (χ3v) is 4.85. The van der Waals surface area contributed by atoms with Crippen molar-refractivity contribution in [3.8, 4) is 5.75 Å². The van der Waals surface area contributed by atoms with Crippen LogP contribution in [0, 0.1) is 0 Å². The largest absolute Gasteiger partial charge is 0.486 e. The normalized spacial score (nSPS) is 12.3. The third kappa shape index (κ3) is 6.21. The average molecular weight is 395 g/mol. The molecule has 0 heterocycles. The fourth-order valence-electron chi connectivity index (χ4n) is 3.12. The van der Waals surface area contributed by atoms with E-state index >= 15 is 0 Å². The summed E-state index contributed by atoms with van der Waals surface area (Å²) in [6, 6.07) is 15.2. The van der Waals surface area contributed by atoms with Crippen LogP contribution in [0.5, 0.6) is 5.75 Å². The minimum atomic E-state index is -0.930. The first kappa shape index (κ1) is 22.2. The topological polar surface area (TPSA) is 66.8 Å². The molecule has 2 rings (SSSR count). The van der Waals surface area contributed by atoms with E-state index in [0.29, 0.717) is 24.4 Å². The number of benzene rings is 2. The summed E-state index contributed by atoms with van der Waals surface area (Å²) in [6.45, 7) is 8.96. The molecule has 0 aliphatic carbocycles. The van der Waals surface area contributed by atoms with E-state index in [-0.39, 0.29) is 18.4 Å². The average Bonchev–Trinajstić information content (AvgIpc) is 2.70. The van der Waals surface area contributed by atoms with Gasteiger partial charge in [-0.1, -0.05) is 36.4 Å². The molecule has 0 aliphatic heterocycles. The van der Waals surface area contributed by atoms with Crippen molar-refractivity contribution in [3.63, 3.8) is 0 Å². The van der Waals surface area contributed by atoms with Crippen molar-refractivity contribution >= 4 is 17.4 Å². The van der Waals surface area contributed by atoms with Crippen LogP contribution in [0.25, 0.3) is 5.57 Å². The van der Waals surface area contributed by atoms with Crippen LogP contribution in [0.1, 0.15) is 50.5 Å². The summed E-state index contributed by atoms with van der Waals surface area (Å²) >= 11 is 0. The van der Waals surface area contributed by atoms with E-state index in [1.165, 1.54) is 0 Å². The van der Waals surface area contributed by atoms with Crippen molar-refractivity contribution < 1.29 is 19.4 Å². The van der Waals surface area contributed by atoms with Crippen molar-refractivity contribution in [1.29, 1.82) is 0 Å². The maximum absolute atomic E-state index is 12.4. The van der Waals surface area contributed by atoms with Crippen LogP contribution in [0.2, 0.25) is 0 Å². The lowest BCUT2D eigenvalue weighted by Crippen LogP contribution is -2.28. The molecule has 0 aromatic heterocycles. The van der Waals surface area contributed by atoms with Crippen LogP contribution >= 0.6 is 0 Å². The Morgan fingerprint density at radius 2 is 1.76 bits per heavy atom. The van der Waals surface area contributed by atoms with E-state index in [1.807, 2.05) is 64.1 Å². The molecule has 29 heavy (non-hydrogen) atoms. The quantitative estimate of drug-likeness (QED) is 0.624. The van der Waals surface area contributed by atoms with Crippen LogP contribution < -0.4 is 4.74 Å². The predicted octanol–water partition coefficient (Wildman–Crippen LogP) is 4.73. The number of aliphatic carboxylic acids is 1. The lowest BCUT2D eigenvalue weighted by Gasteiger charge is -2.19. The smallest absolute Gasteiger partial charge is 0.307 e. The van der Waals surface area contributed by atoms with Crippen molar-refractivity contribution in [1.82, 2.24) is 4.90 Å². The summed E-state index contributed by atoms with van der Waals surface area (Å²) in [7, 11) is 0. The molecule has 1 N–H and O–H groups in total. The SMILES string of the molecule is CCN(CC)C(=O)/C=C(\C)c1ccc(O[C@H](C)c2ccccc2)c(CC(=O)O)c1. The molecule has 2 aromatic carbocycles. The number of carbonyl (C=O) groups is 2. The van der Waals surface area contributed by atoms with Crippen LogP contribution in [0.3, 0.4) is 0 Å². The van der Waals surface area contributed by atoms with E-state index in [1.54, 1.807) is 23.1 Å². The highest BCUT2D eigenvalue weighted by molar-refractivity contribution is 5.95. The molecule has 0 saturated carbocycles. The Bertz CT molecular complexity index is 870. The van der Waals surface area contributed by atoms with Gasteiger partial charge in [0, 0.05) is 24.7 Å². The number of nitrogens with zero attached hydrogens (tertiary/aromatic N) is 1. The number of likely N-dealkylation sites (N-methyl/N-ethyl adjacent to an activating group) is 1. The first-order chi connectivity index (χ1) is 13.8. The first-order valence-electron chi connectivity index (χ1n) is 9.89. The number of amides is 1. The van der Waals surface area contributed by atoms with E-state index in [2.05, 4.69) is 0 Å². The molecule has 0 aliphatic rings. The van der Waals surface area contributed by atoms with Gasteiger partial charge < -0.3 is 14.7 Å². The molecule has 0 radical (unpaired) electrons. The van der Waals surface area contributed by atoms with Gasteiger partial charge in [-0.3, -0.25) is 9.59 Å². The zero-order valence-electron chi connectivity index (χ0n) is 17.5. The fourth-order valence-corrected chi connectivity index (χ4v) is 3.12. The maximum atomic E-state index is 12.4. The summed E-state index contributed by atoms with van der Waals surface area (Å²) < 4.78 is 6.06. The second-order valence-corrected chi connectivity index (χ2v) is 6.90. The molecule has 0 saturated heterocycles. The summed E-state index contributed by atoms with van der Waals surface area (Å²) in [5.41, 5.74) is 3.19. The fraction of sp³-hybridized carbons (Fsp3) is 0.333. The van der Waals surface area contributed by atoms with Gasteiger partial charge in [0.2, 0.25) is 5.91 Å². The molecule has 5 nitrogen and oxygen atoms in total. The van der Waals surface area contributed by atoms with Crippen LogP contribution in [0.15, 0.2) is 54.6 Å². The van der Waals surface area contributed by atoms with Crippen molar-refractivity contribution in [3.05, 3.63) is 71.3 Å². The molecule has 1 amide bonds. The van der Waals surface area contributed by atoms with Gasteiger partial charge in [0.25, 0.3) is 0 Å². The number of rotatable bonds is 9. The van der Waals surface area contributed by atoms with Crippen molar-refractivity contribution in [2.45, 2.75) is 40.2 Å². The Labute approximate surface area is 172 Å². The van der Waals surface area contributed by atoms with E-state index in [4.69, 9.17) is 4.74 Å². The number of hydrogen-bond donors (Lipinski definition) is 1. The molecular weight excluding hydrogens is 366 g/mol. The van der Waals surface area contributed by atoms with Gasteiger partial charge in [0.05, 0.1) is 6.42 Å². The van der Waals surface area contributed by atoms with E-state index in [0.717, 1.165) is 16.7 Å². The molecule has 2 aromatic rings. The molecule has 0 spiro atoms. The molecule has 0 bridgehead atoms. The van der Waals surface area contributed by atoms with Crippen LogP contribution in [-0.2, 0) is 16.0 Å². The highest BCUT2D eigenvalue weighted by Gasteiger charge is 2.15. The Hall–Kier alpha value is -3.08. The Morgan fingerprint density at radius 3 is 2.34 bits per heavy atom. The van der Waals surface area contributed by atoms with Gasteiger partial charge >= 0.3 is 5.97 Å². The maximum Gasteiger partial charge on any atom is 0.307 e. The second-order valence-electron chi connectivity index (χ2n) is 6.90. The predicted molar refractivity (Wildman–Crippen MR) is 115 cm³/mol. The van der Waals surface area contributed by atoms with Gasteiger partial charge in [-0.05, 0) is 56.5 Å². The second kappa shape index (κ2) is 10.5. The molecule has 0 fully saturated rings. The number of carbonyl (C=O) groups excluding carboxylic acids is 1. The zero-order chi connectivity index (χ0) is 21.4. The van der Waals surface area contributed by atoms with Crippen molar-refractivity contribution in [2.75, 3.05) is 13.1 Å². The molecular formula is C24H29NO4. The summed E-state index contributed by atoms with van der Waals surface area (Å²) in [5, 5.41) is 9.32. The number of hydrogen-bond acceptors (Lipinski definition) is 3. The first-order valence-corrected chi connectivity index (χ1v) is 9.89.